The van der Waals surface area contributed by atoms with E-state index < -0.39 is 0 Å². The average Bonchev–Trinajstić information content (AvgIpc) is 3.08. The van der Waals surface area contributed by atoms with Crippen molar-refractivity contribution in [1.29, 1.82) is 0 Å². The molecule has 2 aromatic carbocycles. The molecule has 1 fully saturated rings. The zero-order valence-electron chi connectivity index (χ0n) is 21.5. The van der Waals surface area contributed by atoms with Crippen LogP contribution in [-0.4, -0.2) is 18.3 Å². The molecule has 180 valence electrons. The molecule has 3 heteroatoms. The maximum Gasteiger partial charge on any atom is 0.494 e. The minimum absolute atomic E-state index is 0.327. The first kappa shape index (κ1) is 25.2. The highest BCUT2D eigenvalue weighted by atomic mass is 16.7. The van der Waals surface area contributed by atoms with Crippen LogP contribution in [0.25, 0.3) is 5.57 Å². The summed E-state index contributed by atoms with van der Waals surface area (Å²) < 4.78 is 12.5. The zero-order chi connectivity index (χ0) is 25.1. The monoisotopic (exact) mass is 464 g/mol. The first-order chi connectivity index (χ1) is 16.8. The summed E-state index contributed by atoms with van der Waals surface area (Å²) in [5, 5.41) is 0. The minimum atomic E-state index is -0.354. The lowest BCUT2D eigenvalue weighted by atomic mass is 9.74. The molecule has 0 spiro atoms. The second kappa shape index (κ2) is 10.4. The van der Waals surface area contributed by atoms with Crippen LogP contribution in [0.4, 0.5) is 0 Å². The van der Waals surface area contributed by atoms with E-state index in [0.29, 0.717) is 11.8 Å². The Morgan fingerprint density at radius 1 is 0.886 bits per heavy atom. The molecule has 0 radical (unpaired) electrons. The van der Waals surface area contributed by atoms with Crippen LogP contribution in [0.1, 0.15) is 57.6 Å². The molecule has 1 aliphatic carbocycles. The largest absolute Gasteiger partial charge is 0.494 e. The average molecular weight is 464 g/mol. The Balaban J connectivity index is 1.68. The van der Waals surface area contributed by atoms with Gasteiger partial charge in [-0.05, 0) is 74.2 Å². The summed E-state index contributed by atoms with van der Waals surface area (Å²) in [4.78, 5) is 0. The van der Waals surface area contributed by atoms with Crippen LogP contribution in [-0.2, 0) is 9.31 Å². The Labute approximate surface area is 211 Å². The lowest BCUT2D eigenvalue weighted by molar-refractivity contribution is 0.00578. The maximum absolute atomic E-state index is 6.25. The molecule has 0 amide bonds. The van der Waals surface area contributed by atoms with Crippen molar-refractivity contribution in [2.45, 2.75) is 57.7 Å². The van der Waals surface area contributed by atoms with E-state index in [1.807, 2.05) is 18.2 Å². The van der Waals surface area contributed by atoms with Crippen LogP contribution in [0.2, 0.25) is 0 Å². The molecule has 0 bridgehead atoms. The first-order valence-electron chi connectivity index (χ1n) is 12.6. The highest BCUT2D eigenvalue weighted by Crippen LogP contribution is 2.42. The molecule has 4 rings (SSSR count). The van der Waals surface area contributed by atoms with Crippen molar-refractivity contribution in [3.63, 3.8) is 0 Å². The predicted molar refractivity (Wildman–Crippen MR) is 150 cm³/mol. The fraction of sp³-hybridized carbons (Fsp3) is 0.312. The van der Waals surface area contributed by atoms with Gasteiger partial charge in [0.1, 0.15) is 0 Å². The molecule has 1 heterocycles. The molecular weight excluding hydrogens is 427 g/mol. The van der Waals surface area contributed by atoms with Crippen molar-refractivity contribution in [2.24, 2.45) is 5.92 Å². The molecule has 0 N–H and O–H groups in total. The summed E-state index contributed by atoms with van der Waals surface area (Å²) in [5.74, 6) is 0.724. The summed E-state index contributed by atoms with van der Waals surface area (Å²) in [7, 11) is -0.354. The van der Waals surface area contributed by atoms with Gasteiger partial charge in [-0.15, -0.1) is 6.58 Å². The summed E-state index contributed by atoms with van der Waals surface area (Å²) in [6.07, 6.45) is 15.0. The molecule has 2 aliphatic rings. The Kier molecular flexibility index (Phi) is 7.49. The van der Waals surface area contributed by atoms with E-state index in [4.69, 9.17) is 9.31 Å². The van der Waals surface area contributed by atoms with Crippen LogP contribution in [0.15, 0.2) is 110 Å². The van der Waals surface area contributed by atoms with Gasteiger partial charge in [-0.3, -0.25) is 0 Å². The van der Waals surface area contributed by atoms with Gasteiger partial charge in [0.15, 0.2) is 0 Å². The summed E-state index contributed by atoms with van der Waals surface area (Å²) in [5.41, 5.74) is 5.36. The number of hydrogen-bond acceptors (Lipinski definition) is 2. The number of allylic oxidation sites excluding steroid dienone is 8. The first-order valence-corrected chi connectivity index (χ1v) is 12.6. The van der Waals surface area contributed by atoms with E-state index >= 15 is 0 Å². The van der Waals surface area contributed by atoms with Gasteiger partial charge in [-0.25, -0.2) is 0 Å². The molecule has 1 saturated heterocycles. The van der Waals surface area contributed by atoms with Crippen molar-refractivity contribution in [3.05, 3.63) is 121 Å². The van der Waals surface area contributed by atoms with Crippen molar-refractivity contribution in [2.75, 3.05) is 0 Å². The number of benzene rings is 2. The highest BCUT2D eigenvalue weighted by Gasteiger charge is 2.51. The van der Waals surface area contributed by atoms with Crippen LogP contribution >= 0.6 is 0 Å². The quantitative estimate of drug-likeness (QED) is 0.230. The Morgan fingerprint density at radius 2 is 1.54 bits per heavy atom. The van der Waals surface area contributed by atoms with Gasteiger partial charge in [-0.1, -0.05) is 97.6 Å². The van der Waals surface area contributed by atoms with Gasteiger partial charge in [0.05, 0.1) is 11.2 Å². The summed E-state index contributed by atoms with van der Waals surface area (Å²) in [6.45, 7) is 16.2. The van der Waals surface area contributed by atoms with Crippen molar-refractivity contribution < 1.29 is 9.31 Å². The van der Waals surface area contributed by atoms with Crippen LogP contribution in [0.3, 0.4) is 0 Å². The molecule has 2 atom stereocenters. The third-order valence-corrected chi connectivity index (χ3v) is 7.56. The molecule has 0 saturated carbocycles. The van der Waals surface area contributed by atoms with Crippen LogP contribution < -0.4 is 5.46 Å². The second-order valence-corrected chi connectivity index (χ2v) is 10.5. The Morgan fingerprint density at radius 3 is 2.14 bits per heavy atom. The fourth-order valence-corrected chi connectivity index (χ4v) is 4.79. The van der Waals surface area contributed by atoms with Crippen LogP contribution in [0.5, 0.6) is 0 Å². The smallest absolute Gasteiger partial charge is 0.399 e. The number of hydrogen-bond donors (Lipinski definition) is 0. The van der Waals surface area contributed by atoms with Gasteiger partial charge in [0, 0.05) is 5.92 Å². The van der Waals surface area contributed by atoms with E-state index in [1.165, 1.54) is 22.3 Å². The molecule has 2 nitrogen and oxygen atoms in total. The van der Waals surface area contributed by atoms with Crippen molar-refractivity contribution in [1.82, 2.24) is 0 Å². The standard InChI is InChI=1S/C32H37BO2/c1-7-9-14-26-23-30(27(15-10-8-2)22-29(26)24-16-12-11-13-17-24)25-18-20-28(21-19-25)33-34-31(3,4)32(5,6)35-33/h7-8,10-13,15-23,26,29H,1-2,9,14H2,3-6H3/b15-10-/t26?,29-/m1/s1. The van der Waals surface area contributed by atoms with Crippen LogP contribution in [0, 0.1) is 5.92 Å². The van der Waals surface area contributed by atoms with Gasteiger partial charge >= 0.3 is 7.12 Å². The fourth-order valence-electron chi connectivity index (χ4n) is 4.79. The normalized spacial score (nSPS) is 23.1. The molecule has 0 aromatic heterocycles. The third kappa shape index (κ3) is 5.37. The molecule has 1 aliphatic heterocycles. The molecular formula is C32H37BO2. The van der Waals surface area contributed by atoms with Crippen molar-refractivity contribution in [3.8, 4) is 0 Å². The van der Waals surface area contributed by atoms with Crippen molar-refractivity contribution >= 4 is 18.2 Å². The topological polar surface area (TPSA) is 18.5 Å². The maximum atomic E-state index is 6.25. The molecule has 1 unspecified atom stereocenters. The molecule has 35 heavy (non-hydrogen) atoms. The third-order valence-electron chi connectivity index (χ3n) is 7.56. The lowest BCUT2D eigenvalue weighted by Crippen LogP contribution is -2.41. The summed E-state index contributed by atoms with van der Waals surface area (Å²) >= 11 is 0. The predicted octanol–water partition coefficient (Wildman–Crippen LogP) is 7.42. The Bertz CT molecular complexity index is 1120. The van der Waals surface area contributed by atoms with E-state index in [0.717, 1.165) is 18.3 Å². The Hall–Kier alpha value is -2.88. The second-order valence-electron chi connectivity index (χ2n) is 10.5. The molecule has 2 aromatic rings. The lowest BCUT2D eigenvalue weighted by Gasteiger charge is -2.32. The SMILES string of the molecule is C=C/C=C\C1=C[C@H](c2ccccc2)C(CCC=C)C=C1c1ccc(B2OC(C)(C)C(C)(C)O2)cc1. The van der Waals surface area contributed by atoms with Gasteiger partial charge in [-0.2, -0.15) is 0 Å². The van der Waals surface area contributed by atoms with E-state index in [-0.39, 0.29) is 18.3 Å². The van der Waals surface area contributed by atoms with E-state index in [9.17, 15) is 0 Å². The van der Waals surface area contributed by atoms with Gasteiger partial charge < -0.3 is 9.31 Å². The van der Waals surface area contributed by atoms with Gasteiger partial charge in [0.2, 0.25) is 0 Å². The summed E-state index contributed by atoms with van der Waals surface area (Å²) in [6, 6.07) is 19.4. The van der Waals surface area contributed by atoms with E-state index in [2.05, 4.69) is 114 Å². The number of rotatable bonds is 8. The minimum Gasteiger partial charge on any atom is -0.399 e. The van der Waals surface area contributed by atoms with E-state index in [1.54, 1.807) is 0 Å². The van der Waals surface area contributed by atoms with Gasteiger partial charge in [0.25, 0.3) is 0 Å². The zero-order valence-corrected chi connectivity index (χ0v) is 21.5. The highest BCUT2D eigenvalue weighted by molar-refractivity contribution is 6.62.